The normalized spacial score (nSPS) is 13.0. The molecule has 0 bridgehead atoms. The minimum absolute atomic E-state index is 0.194. The van der Waals surface area contributed by atoms with Gasteiger partial charge < -0.3 is 19.3 Å². The summed E-state index contributed by atoms with van der Waals surface area (Å²) in [7, 11) is -4.75. The maximum atomic E-state index is 12.3. The van der Waals surface area contributed by atoms with Crippen molar-refractivity contribution >= 4 is 19.8 Å². The van der Waals surface area contributed by atoms with Gasteiger partial charge in [-0.1, -0.05) is 127 Å². The first-order valence-electron chi connectivity index (χ1n) is 18.4. The predicted molar refractivity (Wildman–Crippen MR) is 193 cm³/mol. The van der Waals surface area contributed by atoms with Gasteiger partial charge >= 0.3 is 19.8 Å². The first-order valence-corrected chi connectivity index (χ1v) is 20.0. The first kappa shape index (κ1) is 45.0. The molecule has 47 heavy (non-hydrogen) atoms. The van der Waals surface area contributed by atoms with Gasteiger partial charge in [0, 0.05) is 12.8 Å². The summed E-state index contributed by atoms with van der Waals surface area (Å²) in [6.45, 7) is 3.55. The molecule has 0 fully saturated rings. The first-order chi connectivity index (χ1) is 22.8. The highest BCUT2D eigenvalue weighted by molar-refractivity contribution is 7.46. The van der Waals surface area contributed by atoms with E-state index in [2.05, 4.69) is 67.0 Å². The molecule has 0 aliphatic rings. The molecule has 0 aromatic carbocycles. The number of ether oxygens (including phenoxy) is 2. The van der Waals surface area contributed by atoms with Crippen LogP contribution in [0.4, 0.5) is 0 Å². The van der Waals surface area contributed by atoms with E-state index in [-0.39, 0.29) is 19.4 Å². The third-order valence-electron chi connectivity index (χ3n) is 7.55. The van der Waals surface area contributed by atoms with Crippen molar-refractivity contribution in [2.24, 2.45) is 0 Å². The van der Waals surface area contributed by atoms with Crippen molar-refractivity contribution in [1.29, 1.82) is 0 Å². The molecule has 2 N–H and O–H groups in total. The van der Waals surface area contributed by atoms with Crippen LogP contribution in [0.2, 0.25) is 0 Å². The van der Waals surface area contributed by atoms with Crippen LogP contribution in [0.3, 0.4) is 0 Å². The van der Waals surface area contributed by atoms with E-state index in [1.54, 1.807) is 0 Å². The van der Waals surface area contributed by atoms with Crippen molar-refractivity contribution < 1.29 is 37.9 Å². The van der Waals surface area contributed by atoms with E-state index in [9.17, 15) is 14.2 Å². The number of allylic oxidation sites excluding steroid dienone is 8. The zero-order valence-electron chi connectivity index (χ0n) is 29.7. The standard InChI is InChI=1S/C38H67O8P/c1-3-5-7-9-11-13-15-16-17-18-19-20-21-22-23-25-27-29-31-33-38(40)46-36(35-45-47(41,42)43)34-44-37(39)32-30-28-26-24-14-12-10-8-6-4-2/h8,10-11,13,16-17,19-20,36H,3-7,9,12,14-15,18,21-35H2,1-2H3,(H2,41,42,43)/b10-8-,13-11-,17-16-,20-19-. The van der Waals surface area contributed by atoms with Crippen molar-refractivity contribution in [3.63, 3.8) is 0 Å². The van der Waals surface area contributed by atoms with E-state index < -0.39 is 32.5 Å². The Morgan fingerprint density at radius 1 is 0.553 bits per heavy atom. The monoisotopic (exact) mass is 682 g/mol. The second kappa shape index (κ2) is 33.9. The highest BCUT2D eigenvalue weighted by atomic mass is 31.2. The quantitative estimate of drug-likeness (QED) is 0.0304. The van der Waals surface area contributed by atoms with Crippen LogP contribution in [0.25, 0.3) is 0 Å². The summed E-state index contributed by atoms with van der Waals surface area (Å²) >= 11 is 0. The summed E-state index contributed by atoms with van der Waals surface area (Å²) in [4.78, 5) is 42.6. The Balaban J connectivity index is 4.00. The smallest absolute Gasteiger partial charge is 0.462 e. The van der Waals surface area contributed by atoms with Gasteiger partial charge in [-0.05, 0) is 70.6 Å². The summed E-state index contributed by atoms with van der Waals surface area (Å²) in [6, 6.07) is 0. The van der Waals surface area contributed by atoms with E-state index in [4.69, 9.17) is 19.3 Å². The Morgan fingerprint density at radius 3 is 1.53 bits per heavy atom. The van der Waals surface area contributed by atoms with Gasteiger partial charge in [0.25, 0.3) is 0 Å². The van der Waals surface area contributed by atoms with Crippen molar-refractivity contribution in [3.8, 4) is 0 Å². The fraction of sp³-hybridized carbons (Fsp3) is 0.737. The molecule has 272 valence electrons. The van der Waals surface area contributed by atoms with Gasteiger partial charge in [0.1, 0.15) is 6.61 Å². The Hall–Kier alpha value is -1.99. The lowest BCUT2D eigenvalue weighted by molar-refractivity contribution is -0.161. The lowest BCUT2D eigenvalue weighted by atomic mass is 10.1. The molecule has 0 amide bonds. The Labute approximate surface area is 286 Å². The molecule has 0 radical (unpaired) electrons. The van der Waals surface area contributed by atoms with E-state index in [1.807, 2.05) is 0 Å². The molecule has 0 aliphatic carbocycles. The van der Waals surface area contributed by atoms with Crippen molar-refractivity contribution in [2.75, 3.05) is 13.2 Å². The molecule has 1 unspecified atom stereocenters. The van der Waals surface area contributed by atoms with Crippen LogP contribution in [-0.2, 0) is 28.2 Å². The van der Waals surface area contributed by atoms with Gasteiger partial charge in [0.05, 0.1) is 6.61 Å². The molecule has 0 heterocycles. The molecule has 0 spiro atoms. The third kappa shape index (κ3) is 36.7. The molecule has 0 rings (SSSR count). The number of phosphoric acid groups is 1. The molecule has 0 saturated carbocycles. The topological polar surface area (TPSA) is 119 Å². The molecule has 0 saturated heterocycles. The maximum absolute atomic E-state index is 12.3. The van der Waals surface area contributed by atoms with Crippen molar-refractivity contribution in [1.82, 2.24) is 0 Å². The number of unbranched alkanes of at least 4 members (excludes halogenated alkanes) is 15. The summed E-state index contributed by atoms with van der Waals surface area (Å²) in [5.74, 6) is -0.916. The van der Waals surface area contributed by atoms with Crippen LogP contribution >= 0.6 is 7.82 Å². The summed E-state index contributed by atoms with van der Waals surface area (Å²) < 4.78 is 26.2. The van der Waals surface area contributed by atoms with Crippen LogP contribution in [0.1, 0.15) is 162 Å². The predicted octanol–water partition coefficient (Wildman–Crippen LogP) is 10.8. The second-order valence-electron chi connectivity index (χ2n) is 12.2. The second-order valence-corrected chi connectivity index (χ2v) is 13.4. The molecule has 0 aliphatic heterocycles. The number of rotatable bonds is 33. The Bertz CT molecular complexity index is 905. The molecular formula is C38H67O8P. The van der Waals surface area contributed by atoms with Gasteiger partial charge in [-0.2, -0.15) is 0 Å². The summed E-state index contributed by atoms with van der Waals surface area (Å²) in [6.07, 6.45) is 39.8. The van der Waals surface area contributed by atoms with Gasteiger partial charge in [-0.15, -0.1) is 0 Å². The number of carbonyl (C=O) groups is 2. The average molecular weight is 683 g/mol. The molecule has 8 nitrogen and oxygen atoms in total. The highest BCUT2D eigenvalue weighted by Gasteiger charge is 2.22. The van der Waals surface area contributed by atoms with Gasteiger partial charge in [0.2, 0.25) is 0 Å². The molecular weight excluding hydrogens is 615 g/mol. The lowest BCUT2D eigenvalue weighted by Crippen LogP contribution is -2.29. The average Bonchev–Trinajstić information content (AvgIpc) is 3.04. The fourth-order valence-electron chi connectivity index (χ4n) is 4.79. The van der Waals surface area contributed by atoms with E-state index in [0.717, 1.165) is 89.9 Å². The molecule has 0 aromatic heterocycles. The number of hydrogen-bond acceptors (Lipinski definition) is 6. The summed E-state index contributed by atoms with van der Waals surface area (Å²) in [5, 5.41) is 0. The molecule has 1 atom stereocenters. The lowest BCUT2D eigenvalue weighted by Gasteiger charge is -2.18. The zero-order chi connectivity index (χ0) is 34.7. The number of esters is 2. The van der Waals surface area contributed by atoms with Crippen LogP contribution in [-0.4, -0.2) is 41.0 Å². The van der Waals surface area contributed by atoms with Crippen LogP contribution < -0.4 is 0 Å². The van der Waals surface area contributed by atoms with Gasteiger partial charge in [-0.25, -0.2) is 4.57 Å². The van der Waals surface area contributed by atoms with Crippen molar-refractivity contribution in [3.05, 3.63) is 48.6 Å². The van der Waals surface area contributed by atoms with E-state index >= 15 is 0 Å². The molecule has 0 aromatic rings. The number of carbonyl (C=O) groups excluding carboxylic acids is 2. The SMILES string of the molecule is CCC/C=C\CCCCCCCC(=O)OCC(COP(=O)(O)O)OC(=O)CCCCCCCC/C=C\C/C=C\C/C=C\CCCCC. The van der Waals surface area contributed by atoms with Gasteiger partial charge in [-0.3, -0.25) is 14.1 Å². The Kier molecular flexibility index (Phi) is 32.5. The minimum Gasteiger partial charge on any atom is -0.462 e. The fourth-order valence-corrected chi connectivity index (χ4v) is 5.15. The largest absolute Gasteiger partial charge is 0.469 e. The number of phosphoric ester groups is 1. The van der Waals surface area contributed by atoms with Crippen molar-refractivity contribution in [2.45, 2.75) is 168 Å². The Morgan fingerprint density at radius 2 is 1.00 bits per heavy atom. The third-order valence-corrected chi connectivity index (χ3v) is 8.04. The van der Waals surface area contributed by atoms with Crippen LogP contribution in [0, 0.1) is 0 Å². The summed E-state index contributed by atoms with van der Waals surface area (Å²) in [5.41, 5.74) is 0. The van der Waals surface area contributed by atoms with Gasteiger partial charge in [0.15, 0.2) is 6.10 Å². The van der Waals surface area contributed by atoms with E-state index in [1.165, 1.54) is 32.1 Å². The minimum atomic E-state index is -4.75. The van der Waals surface area contributed by atoms with Crippen LogP contribution in [0.15, 0.2) is 48.6 Å². The maximum Gasteiger partial charge on any atom is 0.469 e. The zero-order valence-corrected chi connectivity index (χ0v) is 30.6. The van der Waals surface area contributed by atoms with Crippen LogP contribution in [0.5, 0.6) is 0 Å². The molecule has 9 heteroatoms. The van der Waals surface area contributed by atoms with E-state index in [0.29, 0.717) is 12.8 Å². The number of hydrogen-bond donors (Lipinski definition) is 2. The highest BCUT2D eigenvalue weighted by Crippen LogP contribution is 2.36.